The summed E-state index contributed by atoms with van der Waals surface area (Å²) in [6.07, 6.45) is 1.90. The van der Waals surface area contributed by atoms with Gasteiger partial charge in [0.05, 0.1) is 0 Å². The number of rotatable bonds is 1. The molecule has 0 aliphatic heterocycles. The minimum Gasteiger partial charge on any atom is -0.138 e. The minimum absolute atomic E-state index is 1.22. The van der Waals surface area contributed by atoms with Crippen molar-refractivity contribution in [1.82, 2.24) is 0 Å². The van der Waals surface area contributed by atoms with Crippen molar-refractivity contribution in [2.75, 3.05) is 0 Å². The summed E-state index contributed by atoms with van der Waals surface area (Å²) in [6, 6.07) is 2.17. The molecular weight excluding hydrogens is 261 g/mol. The average molecular weight is 274 g/mol. The van der Waals surface area contributed by atoms with E-state index in [1.807, 2.05) is 6.08 Å². The minimum atomic E-state index is 1.22. The molecule has 1 heterocycles. The summed E-state index contributed by atoms with van der Waals surface area (Å²) in [4.78, 5) is 0. The summed E-state index contributed by atoms with van der Waals surface area (Å²) in [5.74, 6) is 0. The lowest BCUT2D eigenvalue weighted by Crippen LogP contribution is -2.29. The Labute approximate surface area is 87.6 Å². The van der Waals surface area contributed by atoms with Gasteiger partial charge in [-0.3, -0.25) is 0 Å². The molecule has 0 bridgehead atoms. The lowest BCUT2D eigenvalue weighted by atomic mass is 10.1. The van der Waals surface area contributed by atoms with Gasteiger partial charge >= 0.3 is 22.9 Å². The molecule has 64 valence electrons. The molecule has 0 spiro atoms. The quantitative estimate of drug-likeness (QED) is 0.693. The van der Waals surface area contributed by atoms with Crippen molar-refractivity contribution in [2.24, 2.45) is 0 Å². The van der Waals surface area contributed by atoms with Gasteiger partial charge in [0.2, 0.25) is 0 Å². The maximum absolute atomic E-state index is 3.79. The van der Waals surface area contributed by atoms with Crippen LogP contribution in [0, 0.1) is 20.8 Å². The molecule has 0 N–H and O–H groups in total. The molecule has 0 aliphatic rings. The molecule has 1 aromatic rings. The Bertz CT molecular complexity index is 329. The van der Waals surface area contributed by atoms with E-state index in [0.29, 0.717) is 0 Å². The largest absolute Gasteiger partial charge is 0.354 e. The normalized spacial score (nSPS) is 10.0. The molecule has 0 radical (unpaired) electrons. The van der Waals surface area contributed by atoms with Gasteiger partial charge in [0.25, 0.3) is 0 Å². The topological polar surface area (TPSA) is 3.88 Å². The molecule has 2 heteroatoms. The summed E-state index contributed by atoms with van der Waals surface area (Å²) in [5, 5.41) is 0. The third-order valence-corrected chi connectivity index (χ3v) is 3.62. The molecule has 0 unspecified atom stereocenters. The Kier molecular flexibility index (Phi) is 2.88. The lowest BCUT2D eigenvalue weighted by molar-refractivity contribution is -0.458. The third-order valence-electron chi connectivity index (χ3n) is 2.17. The number of aromatic nitrogens is 1. The van der Waals surface area contributed by atoms with E-state index in [1.54, 1.807) is 0 Å². The molecule has 0 aromatic carbocycles. The van der Waals surface area contributed by atoms with Gasteiger partial charge in [-0.2, -0.15) is 0 Å². The SMILES string of the molecule is C=Cc1cc(C)c(C)[n+](I)c1C. The first kappa shape index (κ1) is 9.71. The fourth-order valence-corrected chi connectivity index (χ4v) is 1.83. The molecule has 0 aliphatic carbocycles. The molecule has 1 nitrogen and oxygen atoms in total. The van der Waals surface area contributed by atoms with E-state index in [9.17, 15) is 0 Å². The van der Waals surface area contributed by atoms with Crippen LogP contribution in [0.4, 0.5) is 0 Å². The summed E-state index contributed by atoms with van der Waals surface area (Å²) in [6.45, 7) is 10.1. The Balaban J connectivity index is 3.49. The average Bonchev–Trinajstić information content (AvgIpc) is 2.08. The van der Waals surface area contributed by atoms with Crippen LogP contribution in [0.1, 0.15) is 22.5 Å². The van der Waals surface area contributed by atoms with E-state index in [0.717, 1.165) is 0 Å². The standard InChI is InChI=1S/C10H13IN/c1-5-10-6-7(2)8(3)12(11)9(10)4/h5-6H,1H2,2-4H3/q+1. The monoisotopic (exact) mass is 274 g/mol. The molecule has 0 atom stereocenters. The fraction of sp³-hybridized carbons (Fsp3) is 0.300. The second-order valence-corrected chi connectivity index (χ2v) is 3.90. The van der Waals surface area contributed by atoms with Crippen LogP contribution >= 0.6 is 22.9 Å². The third kappa shape index (κ3) is 1.53. The Morgan fingerprint density at radius 3 is 2.42 bits per heavy atom. The molecule has 0 saturated heterocycles. The van der Waals surface area contributed by atoms with Crippen LogP contribution in [0.3, 0.4) is 0 Å². The van der Waals surface area contributed by atoms with Gasteiger partial charge in [-0.1, -0.05) is 12.7 Å². The number of hydrogen-bond acceptors (Lipinski definition) is 0. The van der Waals surface area contributed by atoms with E-state index in [4.69, 9.17) is 0 Å². The fourth-order valence-electron chi connectivity index (χ4n) is 1.17. The van der Waals surface area contributed by atoms with Gasteiger partial charge in [-0.25, -0.2) is 0 Å². The van der Waals surface area contributed by atoms with Gasteiger partial charge in [0.1, 0.15) is 0 Å². The number of nitrogens with zero attached hydrogens (tertiary/aromatic N) is 1. The molecule has 12 heavy (non-hydrogen) atoms. The maximum atomic E-state index is 3.79. The van der Waals surface area contributed by atoms with Crippen molar-refractivity contribution in [1.29, 1.82) is 0 Å². The van der Waals surface area contributed by atoms with E-state index in [2.05, 4.69) is 59.1 Å². The zero-order valence-corrected chi connectivity index (χ0v) is 9.84. The molecular formula is C10H13IN+. The Morgan fingerprint density at radius 1 is 1.33 bits per heavy atom. The summed E-state index contributed by atoms with van der Waals surface area (Å²) in [5.41, 5.74) is 5.09. The second kappa shape index (κ2) is 3.56. The van der Waals surface area contributed by atoms with Crippen LogP contribution < -0.4 is 2.78 Å². The zero-order valence-electron chi connectivity index (χ0n) is 7.69. The highest BCUT2D eigenvalue weighted by Gasteiger charge is 2.13. The molecule has 1 aromatic heterocycles. The van der Waals surface area contributed by atoms with Crippen LogP contribution in [0.2, 0.25) is 0 Å². The van der Waals surface area contributed by atoms with Crippen molar-refractivity contribution in [3.8, 4) is 0 Å². The number of hydrogen-bond donors (Lipinski definition) is 0. The van der Waals surface area contributed by atoms with E-state index in [-0.39, 0.29) is 0 Å². The predicted molar refractivity (Wildman–Crippen MR) is 60.4 cm³/mol. The van der Waals surface area contributed by atoms with Gasteiger partial charge in [0.15, 0.2) is 11.4 Å². The molecule has 0 fully saturated rings. The van der Waals surface area contributed by atoms with Crippen LogP contribution in [0.15, 0.2) is 12.6 Å². The lowest BCUT2D eigenvalue weighted by Gasteiger charge is -2.02. The van der Waals surface area contributed by atoms with E-state index in [1.165, 1.54) is 22.5 Å². The smallest absolute Gasteiger partial charge is 0.138 e. The van der Waals surface area contributed by atoms with Gasteiger partial charge in [0, 0.05) is 25.0 Å². The van der Waals surface area contributed by atoms with E-state index >= 15 is 0 Å². The van der Waals surface area contributed by atoms with Crippen LogP contribution in [-0.2, 0) is 0 Å². The summed E-state index contributed by atoms with van der Waals surface area (Å²) in [7, 11) is 0. The van der Waals surface area contributed by atoms with Crippen molar-refractivity contribution in [3.05, 3.63) is 35.2 Å². The van der Waals surface area contributed by atoms with Crippen molar-refractivity contribution in [3.63, 3.8) is 0 Å². The van der Waals surface area contributed by atoms with E-state index < -0.39 is 0 Å². The van der Waals surface area contributed by atoms with Crippen molar-refractivity contribution >= 4 is 28.9 Å². The van der Waals surface area contributed by atoms with Gasteiger partial charge < -0.3 is 0 Å². The Morgan fingerprint density at radius 2 is 1.92 bits per heavy atom. The van der Waals surface area contributed by atoms with Gasteiger partial charge in [-0.15, -0.1) is 2.78 Å². The molecule has 1 rings (SSSR count). The van der Waals surface area contributed by atoms with Crippen LogP contribution in [0.5, 0.6) is 0 Å². The molecule has 0 saturated carbocycles. The van der Waals surface area contributed by atoms with Gasteiger partial charge in [-0.05, 0) is 13.0 Å². The number of aryl methyl sites for hydroxylation is 1. The highest BCUT2D eigenvalue weighted by Crippen LogP contribution is 2.12. The van der Waals surface area contributed by atoms with Crippen LogP contribution in [-0.4, -0.2) is 0 Å². The Hall–Kier alpha value is -0.380. The van der Waals surface area contributed by atoms with Crippen molar-refractivity contribution in [2.45, 2.75) is 20.8 Å². The van der Waals surface area contributed by atoms with Crippen LogP contribution in [0.25, 0.3) is 6.08 Å². The highest BCUT2D eigenvalue weighted by molar-refractivity contribution is 14.1. The first-order valence-corrected chi connectivity index (χ1v) is 4.86. The number of halogens is 1. The highest BCUT2D eigenvalue weighted by atomic mass is 127. The molecule has 0 amide bonds. The first-order valence-electron chi connectivity index (χ1n) is 3.89. The zero-order chi connectivity index (χ0) is 9.30. The maximum Gasteiger partial charge on any atom is 0.354 e. The first-order chi connectivity index (χ1) is 5.57. The number of pyridine rings is 1. The van der Waals surface area contributed by atoms with Crippen molar-refractivity contribution < 1.29 is 2.78 Å². The predicted octanol–water partition coefficient (Wildman–Crippen LogP) is 2.74. The summed E-state index contributed by atoms with van der Waals surface area (Å²) >= 11 is 2.31. The summed E-state index contributed by atoms with van der Waals surface area (Å²) < 4.78 is 2.17. The second-order valence-electron chi connectivity index (χ2n) is 2.94.